The number of imide groups is 1. The van der Waals surface area contributed by atoms with Crippen molar-refractivity contribution in [1.82, 2.24) is 20.2 Å². The van der Waals surface area contributed by atoms with E-state index in [2.05, 4.69) is 22.5 Å². The molecule has 10 heteroatoms. The summed E-state index contributed by atoms with van der Waals surface area (Å²) < 4.78 is 6.72. The number of amides is 3. The molecule has 1 saturated carbocycles. The Morgan fingerprint density at radius 2 is 2.12 bits per heavy atom. The van der Waals surface area contributed by atoms with E-state index in [9.17, 15) is 14.4 Å². The van der Waals surface area contributed by atoms with Gasteiger partial charge in [0.25, 0.3) is 5.56 Å². The number of aryl methyl sites for hydroxylation is 1. The number of carbonyl (C=O) groups excluding carboxylic acids is 2. The molecule has 0 saturated heterocycles. The standard InChI is InChI=1S/C22H32N4O4S2/c1-4-15-12-16-19(32-15)25-22(26(20(16)28)10-7-11-30-3)31-13-18(27)24-21(29)23-17-9-6-5-8-14(17)2/h12,14,17H,4-11,13H2,1-3H3,(H2,23,24,27,29)/t14-,17-/m1/s1. The predicted octanol–water partition coefficient (Wildman–Crippen LogP) is 3.55. The topological polar surface area (TPSA) is 102 Å². The smallest absolute Gasteiger partial charge is 0.321 e. The maximum Gasteiger partial charge on any atom is 0.321 e. The van der Waals surface area contributed by atoms with Crippen LogP contribution in [-0.4, -0.2) is 47.0 Å². The lowest BCUT2D eigenvalue weighted by Crippen LogP contribution is -2.48. The number of hydrogen-bond donors (Lipinski definition) is 2. The average Bonchev–Trinajstić information content (AvgIpc) is 3.19. The number of hydrogen-bond acceptors (Lipinski definition) is 7. The van der Waals surface area contributed by atoms with Gasteiger partial charge in [-0.25, -0.2) is 9.78 Å². The molecular formula is C22H32N4O4S2. The van der Waals surface area contributed by atoms with E-state index in [0.29, 0.717) is 40.9 Å². The monoisotopic (exact) mass is 480 g/mol. The van der Waals surface area contributed by atoms with Crippen molar-refractivity contribution >= 4 is 45.3 Å². The molecule has 0 spiro atoms. The Balaban J connectivity index is 1.66. The molecule has 2 atom stereocenters. The highest BCUT2D eigenvalue weighted by Crippen LogP contribution is 2.26. The SMILES string of the molecule is CCc1cc2c(=O)n(CCCOC)c(SCC(=O)NC(=O)N[C@@H]3CCCC[C@H]3C)nc2s1. The maximum absolute atomic E-state index is 13.1. The van der Waals surface area contributed by atoms with Gasteiger partial charge in [-0.2, -0.15) is 0 Å². The molecule has 3 amide bonds. The molecule has 0 bridgehead atoms. The summed E-state index contributed by atoms with van der Waals surface area (Å²) in [4.78, 5) is 44.1. The van der Waals surface area contributed by atoms with Gasteiger partial charge in [0.05, 0.1) is 11.1 Å². The zero-order chi connectivity index (χ0) is 23.1. The minimum absolute atomic E-state index is 0.00186. The van der Waals surface area contributed by atoms with Crippen molar-refractivity contribution in [2.24, 2.45) is 5.92 Å². The third-order valence-electron chi connectivity index (χ3n) is 5.76. The predicted molar refractivity (Wildman–Crippen MR) is 129 cm³/mol. The van der Waals surface area contributed by atoms with Gasteiger partial charge in [-0.15, -0.1) is 11.3 Å². The number of thioether (sulfide) groups is 1. The van der Waals surface area contributed by atoms with Crippen molar-refractivity contribution in [3.63, 3.8) is 0 Å². The van der Waals surface area contributed by atoms with Crippen LogP contribution < -0.4 is 16.2 Å². The van der Waals surface area contributed by atoms with Gasteiger partial charge in [0.15, 0.2) is 5.16 Å². The van der Waals surface area contributed by atoms with Crippen LogP contribution >= 0.6 is 23.1 Å². The first-order chi connectivity index (χ1) is 15.4. The largest absolute Gasteiger partial charge is 0.385 e. The molecule has 1 fully saturated rings. The van der Waals surface area contributed by atoms with Crippen LogP contribution in [-0.2, 0) is 22.5 Å². The molecule has 2 aromatic rings. The molecule has 3 rings (SSSR count). The third kappa shape index (κ3) is 6.32. The van der Waals surface area contributed by atoms with Crippen molar-refractivity contribution in [2.45, 2.75) is 70.1 Å². The number of urea groups is 1. The molecule has 176 valence electrons. The van der Waals surface area contributed by atoms with Gasteiger partial charge < -0.3 is 10.1 Å². The molecule has 2 aromatic heterocycles. The zero-order valence-electron chi connectivity index (χ0n) is 18.9. The highest BCUT2D eigenvalue weighted by atomic mass is 32.2. The van der Waals surface area contributed by atoms with E-state index < -0.39 is 11.9 Å². The lowest BCUT2D eigenvalue weighted by Gasteiger charge is -2.29. The quantitative estimate of drug-likeness (QED) is 0.323. The summed E-state index contributed by atoms with van der Waals surface area (Å²) in [7, 11) is 1.62. The van der Waals surface area contributed by atoms with E-state index in [0.717, 1.165) is 30.6 Å². The Morgan fingerprint density at radius 1 is 1.34 bits per heavy atom. The number of rotatable bonds is 9. The van der Waals surface area contributed by atoms with E-state index in [1.807, 2.05) is 13.0 Å². The maximum atomic E-state index is 13.1. The van der Waals surface area contributed by atoms with E-state index in [-0.39, 0.29) is 17.4 Å². The Bertz CT molecular complexity index is 1000. The molecule has 32 heavy (non-hydrogen) atoms. The van der Waals surface area contributed by atoms with Gasteiger partial charge in [-0.1, -0.05) is 38.5 Å². The van der Waals surface area contributed by atoms with Gasteiger partial charge in [-0.05, 0) is 37.7 Å². The number of aromatic nitrogens is 2. The number of nitrogens with one attached hydrogen (secondary N) is 2. The fourth-order valence-corrected chi connectivity index (χ4v) is 5.76. The van der Waals surface area contributed by atoms with Crippen LogP contribution in [0, 0.1) is 5.92 Å². The van der Waals surface area contributed by atoms with E-state index in [1.165, 1.54) is 29.5 Å². The van der Waals surface area contributed by atoms with Gasteiger partial charge in [-0.3, -0.25) is 19.5 Å². The Hall–Kier alpha value is -1.91. The molecular weight excluding hydrogens is 448 g/mol. The second kappa shape index (κ2) is 11.8. The Morgan fingerprint density at radius 3 is 2.84 bits per heavy atom. The van der Waals surface area contributed by atoms with Crippen molar-refractivity contribution in [3.8, 4) is 0 Å². The van der Waals surface area contributed by atoms with Crippen molar-refractivity contribution in [1.29, 1.82) is 0 Å². The Labute approximate surface area is 196 Å². The summed E-state index contributed by atoms with van der Waals surface area (Å²) in [6.45, 7) is 5.15. The van der Waals surface area contributed by atoms with Crippen LogP contribution in [0.3, 0.4) is 0 Å². The molecule has 2 heterocycles. The van der Waals surface area contributed by atoms with Crippen molar-refractivity contribution < 1.29 is 14.3 Å². The molecule has 1 aliphatic carbocycles. The first kappa shape index (κ1) is 24.7. The van der Waals surface area contributed by atoms with Crippen LogP contribution in [0.2, 0.25) is 0 Å². The highest BCUT2D eigenvalue weighted by molar-refractivity contribution is 7.99. The van der Waals surface area contributed by atoms with Crippen LogP contribution in [0.4, 0.5) is 4.79 Å². The van der Waals surface area contributed by atoms with Gasteiger partial charge >= 0.3 is 6.03 Å². The van der Waals surface area contributed by atoms with E-state index in [1.54, 1.807) is 11.7 Å². The minimum Gasteiger partial charge on any atom is -0.385 e. The summed E-state index contributed by atoms with van der Waals surface area (Å²) in [6, 6.07) is 1.55. The lowest BCUT2D eigenvalue weighted by molar-refractivity contribution is -0.117. The summed E-state index contributed by atoms with van der Waals surface area (Å²) in [5.74, 6) is 0.00595. The number of nitrogens with zero attached hydrogens (tertiary/aromatic N) is 2. The van der Waals surface area contributed by atoms with Gasteiger partial charge in [0, 0.05) is 31.2 Å². The number of fused-ring (bicyclic) bond motifs is 1. The number of ether oxygens (including phenoxy) is 1. The third-order valence-corrected chi connectivity index (χ3v) is 7.91. The zero-order valence-corrected chi connectivity index (χ0v) is 20.6. The van der Waals surface area contributed by atoms with Gasteiger partial charge in [0.2, 0.25) is 5.91 Å². The van der Waals surface area contributed by atoms with Crippen LogP contribution in [0.1, 0.15) is 50.8 Å². The van der Waals surface area contributed by atoms with E-state index in [4.69, 9.17) is 4.74 Å². The average molecular weight is 481 g/mol. The molecule has 8 nitrogen and oxygen atoms in total. The first-order valence-electron chi connectivity index (χ1n) is 11.2. The first-order valence-corrected chi connectivity index (χ1v) is 13.0. The molecule has 0 aromatic carbocycles. The highest BCUT2D eigenvalue weighted by Gasteiger charge is 2.23. The fraction of sp³-hybridized carbons (Fsp3) is 0.636. The minimum atomic E-state index is -0.457. The second-order valence-corrected chi connectivity index (χ2v) is 10.2. The van der Waals surface area contributed by atoms with Gasteiger partial charge in [0.1, 0.15) is 4.83 Å². The molecule has 0 unspecified atom stereocenters. The van der Waals surface area contributed by atoms with E-state index >= 15 is 0 Å². The lowest BCUT2D eigenvalue weighted by atomic mass is 9.86. The summed E-state index contributed by atoms with van der Waals surface area (Å²) in [5.41, 5.74) is -0.103. The summed E-state index contributed by atoms with van der Waals surface area (Å²) in [5, 5.41) is 6.43. The van der Waals surface area contributed by atoms with Crippen LogP contribution in [0.15, 0.2) is 16.0 Å². The molecule has 0 aliphatic heterocycles. The van der Waals surface area contributed by atoms with Crippen LogP contribution in [0.25, 0.3) is 10.2 Å². The number of thiophene rings is 1. The summed E-state index contributed by atoms with van der Waals surface area (Å²) in [6.07, 6.45) is 5.81. The number of methoxy groups -OCH3 is 1. The normalized spacial score (nSPS) is 18.6. The van der Waals surface area contributed by atoms with Crippen molar-refractivity contribution in [3.05, 3.63) is 21.3 Å². The van der Waals surface area contributed by atoms with Crippen molar-refractivity contribution in [2.75, 3.05) is 19.5 Å². The van der Waals surface area contributed by atoms with Crippen LogP contribution in [0.5, 0.6) is 0 Å². The number of carbonyl (C=O) groups is 2. The second-order valence-electron chi connectivity index (χ2n) is 8.16. The molecule has 1 aliphatic rings. The summed E-state index contributed by atoms with van der Waals surface area (Å²) >= 11 is 2.67. The fourth-order valence-electron chi connectivity index (χ4n) is 3.92. The Kier molecular flexibility index (Phi) is 9.12. The molecule has 2 N–H and O–H groups in total. The molecule has 0 radical (unpaired) electrons.